The third-order valence-corrected chi connectivity index (χ3v) is 6.99. The van der Waals surface area contributed by atoms with Gasteiger partial charge in [-0.15, -0.1) is 0 Å². The van der Waals surface area contributed by atoms with Crippen LogP contribution in [0.4, 0.5) is 0 Å². The number of rotatable bonds is 8. The average Bonchev–Trinajstić information content (AvgIpc) is 2.73. The van der Waals surface area contributed by atoms with E-state index in [4.69, 9.17) is 4.84 Å². The molecule has 0 saturated carbocycles. The lowest BCUT2D eigenvalue weighted by molar-refractivity contribution is -0.126. The van der Waals surface area contributed by atoms with Crippen molar-refractivity contribution in [1.29, 1.82) is 0 Å². The maximum atomic E-state index is 13.1. The van der Waals surface area contributed by atoms with Crippen LogP contribution in [0.5, 0.6) is 0 Å². The van der Waals surface area contributed by atoms with Gasteiger partial charge in [0.25, 0.3) is 15.9 Å². The van der Waals surface area contributed by atoms with Crippen LogP contribution < -0.4 is 5.32 Å². The summed E-state index contributed by atoms with van der Waals surface area (Å²) in [6.07, 6.45) is 3.39. The van der Waals surface area contributed by atoms with Gasteiger partial charge in [-0.1, -0.05) is 23.9 Å². The molecule has 2 atom stereocenters. The molecule has 1 aromatic rings. The van der Waals surface area contributed by atoms with Crippen LogP contribution in [0, 0.1) is 5.92 Å². The van der Waals surface area contributed by atoms with Gasteiger partial charge in [-0.25, -0.2) is 8.42 Å². The SMILES string of the molecule is CCCCNC(=O)C1CCC(C)N(C(=O)c2cccc(S(=O)(=O)N(C)OC)c2)C1. The highest BCUT2D eigenvalue weighted by atomic mass is 32.2. The number of hydrogen-bond donors (Lipinski definition) is 1. The van der Waals surface area contributed by atoms with Gasteiger partial charge in [0.2, 0.25) is 5.91 Å². The zero-order chi connectivity index (χ0) is 21.6. The number of amides is 2. The zero-order valence-corrected chi connectivity index (χ0v) is 18.4. The summed E-state index contributed by atoms with van der Waals surface area (Å²) in [5.74, 6) is -0.555. The fourth-order valence-corrected chi connectivity index (χ4v) is 4.36. The van der Waals surface area contributed by atoms with Gasteiger partial charge < -0.3 is 10.2 Å². The molecule has 2 rings (SSSR count). The van der Waals surface area contributed by atoms with Crippen molar-refractivity contribution in [2.24, 2.45) is 5.92 Å². The van der Waals surface area contributed by atoms with Gasteiger partial charge in [-0.05, 0) is 44.4 Å². The number of hydrogen-bond acceptors (Lipinski definition) is 5. The van der Waals surface area contributed by atoms with Crippen LogP contribution in [0.3, 0.4) is 0 Å². The van der Waals surface area contributed by atoms with Gasteiger partial charge in [-0.3, -0.25) is 14.4 Å². The molecule has 1 aliphatic heterocycles. The normalized spacial score (nSPS) is 20.0. The first-order chi connectivity index (χ1) is 13.7. The monoisotopic (exact) mass is 425 g/mol. The number of unbranched alkanes of at least 4 members (excludes halogenated alkanes) is 1. The van der Waals surface area contributed by atoms with Gasteiger partial charge in [0.1, 0.15) is 0 Å². The van der Waals surface area contributed by atoms with Crippen LogP contribution in [0.1, 0.15) is 49.9 Å². The Balaban J connectivity index is 2.18. The van der Waals surface area contributed by atoms with Crippen molar-refractivity contribution >= 4 is 21.8 Å². The highest BCUT2D eigenvalue weighted by Gasteiger charge is 2.33. The minimum Gasteiger partial charge on any atom is -0.356 e. The third kappa shape index (κ3) is 5.55. The fraction of sp³-hybridized carbons (Fsp3) is 0.600. The molecule has 29 heavy (non-hydrogen) atoms. The lowest BCUT2D eigenvalue weighted by atomic mass is 9.92. The Hall–Kier alpha value is -1.97. The first-order valence-electron chi connectivity index (χ1n) is 9.94. The van der Waals surface area contributed by atoms with Gasteiger partial charge >= 0.3 is 0 Å². The van der Waals surface area contributed by atoms with E-state index in [1.807, 2.05) is 6.92 Å². The second-order valence-corrected chi connectivity index (χ2v) is 9.29. The van der Waals surface area contributed by atoms with Crippen LogP contribution in [0.15, 0.2) is 29.2 Å². The highest BCUT2D eigenvalue weighted by molar-refractivity contribution is 7.89. The predicted octanol–water partition coefficient (Wildman–Crippen LogP) is 2.03. The summed E-state index contributed by atoms with van der Waals surface area (Å²) in [7, 11) is -1.30. The van der Waals surface area contributed by atoms with E-state index in [9.17, 15) is 18.0 Å². The Bertz CT molecular complexity index is 827. The van der Waals surface area contributed by atoms with E-state index in [0.717, 1.165) is 30.2 Å². The van der Waals surface area contributed by atoms with Crippen LogP contribution in [0.2, 0.25) is 0 Å². The Morgan fingerprint density at radius 2 is 2.03 bits per heavy atom. The topological polar surface area (TPSA) is 96.0 Å². The van der Waals surface area contributed by atoms with Crippen LogP contribution in [-0.4, -0.2) is 62.9 Å². The predicted molar refractivity (Wildman–Crippen MR) is 110 cm³/mol. The van der Waals surface area contributed by atoms with Crippen LogP contribution in [-0.2, 0) is 19.7 Å². The summed E-state index contributed by atoms with van der Waals surface area (Å²) in [6, 6.07) is 5.87. The van der Waals surface area contributed by atoms with E-state index in [2.05, 4.69) is 12.2 Å². The Morgan fingerprint density at radius 3 is 2.69 bits per heavy atom. The summed E-state index contributed by atoms with van der Waals surface area (Å²) >= 11 is 0. The van der Waals surface area contributed by atoms with E-state index < -0.39 is 10.0 Å². The molecule has 1 N–H and O–H groups in total. The summed E-state index contributed by atoms with van der Waals surface area (Å²) in [4.78, 5) is 32.0. The number of likely N-dealkylation sites (tertiary alicyclic amines) is 1. The van der Waals surface area contributed by atoms with Crippen molar-refractivity contribution in [3.05, 3.63) is 29.8 Å². The molecule has 0 spiro atoms. The molecule has 1 saturated heterocycles. The van der Waals surface area contributed by atoms with Gasteiger partial charge in [0, 0.05) is 31.7 Å². The molecule has 2 amide bonds. The largest absolute Gasteiger partial charge is 0.356 e. The van der Waals surface area contributed by atoms with Gasteiger partial charge in [0.15, 0.2) is 0 Å². The number of sulfonamides is 1. The van der Waals surface area contributed by atoms with E-state index in [-0.39, 0.29) is 34.2 Å². The molecule has 1 aliphatic rings. The molecule has 1 heterocycles. The minimum absolute atomic E-state index is 0.0220. The molecule has 0 aromatic heterocycles. The quantitative estimate of drug-likeness (QED) is 0.508. The maximum Gasteiger partial charge on any atom is 0.264 e. The van der Waals surface area contributed by atoms with Crippen LogP contribution in [0.25, 0.3) is 0 Å². The molecule has 0 radical (unpaired) electrons. The van der Waals surface area contributed by atoms with Crippen molar-refractivity contribution in [3.63, 3.8) is 0 Å². The molecular formula is C20H31N3O5S. The summed E-state index contributed by atoms with van der Waals surface area (Å²) in [5.41, 5.74) is 0.273. The van der Waals surface area contributed by atoms with Gasteiger partial charge in [-0.2, -0.15) is 0 Å². The number of carbonyl (C=O) groups excluding carboxylic acids is 2. The second-order valence-electron chi connectivity index (χ2n) is 7.35. The average molecular weight is 426 g/mol. The molecule has 162 valence electrons. The van der Waals surface area contributed by atoms with Crippen molar-refractivity contribution in [3.8, 4) is 0 Å². The minimum atomic E-state index is -3.85. The lowest BCUT2D eigenvalue weighted by Crippen LogP contribution is -2.49. The maximum absolute atomic E-state index is 13.1. The molecule has 1 fully saturated rings. The standard InChI is InChI=1S/C20H31N3O5S/c1-5-6-12-21-19(24)17-11-10-15(2)23(14-17)20(25)16-8-7-9-18(13-16)29(26,27)22(3)28-4/h7-9,13,15,17H,5-6,10-12,14H2,1-4H3,(H,21,24). The van der Waals surface area contributed by atoms with Crippen molar-refractivity contribution in [1.82, 2.24) is 14.7 Å². The number of nitrogens with zero attached hydrogens (tertiary/aromatic N) is 2. The zero-order valence-electron chi connectivity index (χ0n) is 17.6. The molecule has 8 nitrogen and oxygen atoms in total. The van der Waals surface area contributed by atoms with Crippen molar-refractivity contribution in [2.45, 2.75) is 50.5 Å². The van der Waals surface area contributed by atoms with Crippen molar-refractivity contribution < 1.29 is 22.8 Å². The molecule has 0 bridgehead atoms. The molecule has 2 unspecified atom stereocenters. The molecular weight excluding hydrogens is 394 g/mol. The number of piperidine rings is 1. The summed E-state index contributed by atoms with van der Waals surface area (Å²) in [6.45, 7) is 4.98. The fourth-order valence-electron chi connectivity index (χ4n) is 3.34. The Labute approximate surface area is 173 Å². The van der Waals surface area contributed by atoms with E-state index in [1.54, 1.807) is 11.0 Å². The van der Waals surface area contributed by atoms with E-state index >= 15 is 0 Å². The number of carbonyl (C=O) groups is 2. The molecule has 1 aromatic carbocycles. The van der Waals surface area contributed by atoms with E-state index in [0.29, 0.717) is 13.1 Å². The van der Waals surface area contributed by atoms with Crippen LogP contribution >= 0.6 is 0 Å². The summed E-state index contributed by atoms with van der Waals surface area (Å²) in [5, 5.41) is 2.94. The Morgan fingerprint density at radius 1 is 1.31 bits per heavy atom. The smallest absolute Gasteiger partial charge is 0.264 e. The highest BCUT2D eigenvalue weighted by Crippen LogP contribution is 2.25. The molecule has 9 heteroatoms. The first kappa shape index (κ1) is 23.3. The lowest BCUT2D eigenvalue weighted by Gasteiger charge is -2.37. The number of benzene rings is 1. The van der Waals surface area contributed by atoms with Gasteiger partial charge in [0.05, 0.1) is 17.9 Å². The Kier molecular flexibility index (Phi) is 8.18. The van der Waals surface area contributed by atoms with Crippen molar-refractivity contribution in [2.75, 3.05) is 27.2 Å². The number of hydroxylamine groups is 1. The summed E-state index contributed by atoms with van der Waals surface area (Å²) < 4.78 is 25.7. The first-order valence-corrected chi connectivity index (χ1v) is 11.4. The second kappa shape index (κ2) is 10.2. The third-order valence-electron chi connectivity index (χ3n) is 5.32. The molecule has 0 aliphatic carbocycles. The number of nitrogens with one attached hydrogen (secondary N) is 1. The van der Waals surface area contributed by atoms with E-state index in [1.165, 1.54) is 32.4 Å².